The average Bonchev–Trinajstić information content (AvgIpc) is 3.09. The summed E-state index contributed by atoms with van der Waals surface area (Å²) in [6.45, 7) is 10.1. The minimum atomic E-state index is 0.453. The summed E-state index contributed by atoms with van der Waals surface area (Å²) in [5.74, 6) is 2.01. The SMILES string of the molecule is CCc1cc(N2CCCC3(CCNC3)C2)nc(N2CCOCC2)n1. The highest BCUT2D eigenvalue weighted by Gasteiger charge is 2.38. The normalized spacial score (nSPS) is 27.9. The Morgan fingerprint density at radius 1 is 1.17 bits per heavy atom. The molecule has 0 aromatic carbocycles. The van der Waals surface area contributed by atoms with E-state index < -0.39 is 0 Å². The summed E-state index contributed by atoms with van der Waals surface area (Å²) in [6, 6.07) is 2.20. The third kappa shape index (κ3) is 3.22. The fraction of sp³-hybridized carbons (Fsp3) is 0.778. The largest absolute Gasteiger partial charge is 0.378 e. The number of aryl methyl sites for hydroxylation is 1. The first kappa shape index (κ1) is 16.1. The van der Waals surface area contributed by atoms with Gasteiger partial charge in [-0.1, -0.05) is 6.92 Å². The Morgan fingerprint density at radius 3 is 2.79 bits per heavy atom. The van der Waals surface area contributed by atoms with E-state index in [0.29, 0.717) is 5.41 Å². The highest BCUT2D eigenvalue weighted by atomic mass is 16.5. The zero-order valence-electron chi connectivity index (χ0n) is 14.8. The van der Waals surface area contributed by atoms with E-state index in [1.165, 1.54) is 19.3 Å². The fourth-order valence-electron chi connectivity index (χ4n) is 4.26. The molecule has 3 saturated heterocycles. The number of hydrogen-bond acceptors (Lipinski definition) is 6. The number of hydrogen-bond donors (Lipinski definition) is 1. The maximum Gasteiger partial charge on any atom is 0.227 e. The molecule has 1 spiro atoms. The summed E-state index contributed by atoms with van der Waals surface area (Å²) in [4.78, 5) is 14.5. The number of nitrogens with one attached hydrogen (secondary N) is 1. The maximum atomic E-state index is 5.47. The van der Waals surface area contributed by atoms with Crippen LogP contribution in [0.2, 0.25) is 0 Å². The topological polar surface area (TPSA) is 53.5 Å². The van der Waals surface area contributed by atoms with Crippen LogP contribution in [0.25, 0.3) is 0 Å². The number of ether oxygens (including phenoxy) is 1. The lowest BCUT2D eigenvalue weighted by molar-refractivity contribution is 0.122. The van der Waals surface area contributed by atoms with Crippen molar-refractivity contribution in [2.45, 2.75) is 32.6 Å². The molecule has 3 fully saturated rings. The van der Waals surface area contributed by atoms with Gasteiger partial charge in [-0.2, -0.15) is 4.98 Å². The van der Waals surface area contributed by atoms with Crippen molar-refractivity contribution in [2.75, 3.05) is 62.3 Å². The zero-order chi connectivity index (χ0) is 16.4. The van der Waals surface area contributed by atoms with Crippen molar-refractivity contribution >= 4 is 11.8 Å². The lowest BCUT2D eigenvalue weighted by atomic mass is 9.79. The first-order chi connectivity index (χ1) is 11.8. The predicted molar refractivity (Wildman–Crippen MR) is 95.8 cm³/mol. The first-order valence-corrected chi connectivity index (χ1v) is 9.44. The molecule has 0 amide bonds. The van der Waals surface area contributed by atoms with Crippen molar-refractivity contribution in [1.82, 2.24) is 15.3 Å². The van der Waals surface area contributed by atoms with Gasteiger partial charge in [0.25, 0.3) is 0 Å². The molecule has 3 aliphatic heterocycles. The quantitative estimate of drug-likeness (QED) is 0.905. The molecule has 132 valence electrons. The molecule has 3 aliphatic rings. The molecular weight excluding hydrogens is 302 g/mol. The smallest absolute Gasteiger partial charge is 0.227 e. The number of aromatic nitrogens is 2. The molecule has 24 heavy (non-hydrogen) atoms. The van der Waals surface area contributed by atoms with Crippen LogP contribution < -0.4 is 15.1 Å². The molecule has 1 unspecified atom stereocenters. The van der Waals surface area contributed by atoms with Crippen LogP contribution in [-0.4, -0.2) is 62.5 Å². The van der Waals surface area contributed by atoms with E-state index in [1.807, 2.05) is 0 Å². The van der Waals surface area contributed by atoms with E-state index in [9.17, 15) is 0 Å². The first-order valence-electron chi connectivity index (χ1n) is 9.44. The van der Waals surface area contributed by atoms with Gasteiger partial charge in [0, 0.05) is 49.9 Å². The Balaban J connectivity index is 1.59. The van der Waals surface area contributed by atoms with Crippen LogP contribution in [0.1, 0.15) is 31.9 Å². The third-order valence-corrected chi connectivity index (χ3v) is 5.73. The van der Waals surface area contributed by atoms with Crippen LogP contribution in [0.3, 0.4) is 0 Å². The van der Waals surface area contributed by atoms with Crippen molar-refractivity contribution in [3.8, 4) is 0 Å². The lowest BCUT2D eigenvalue weighted by Crippen LogP contribution is -2.45. The Kier molecular flexibility index (Phi) is 4.59. The molecule has 1 aromatic heterocycles. The summed E-state index contributed by atoms with van der Waals surface area (Å²) in [7, 11) is 0. The van der Waals surface area contributed by atoms with Gasteiger partial charge in [-0.15, -0.1) is 0 Å². The molecule has 0 aliphatic carbocycles. The Labute approximate surface area is 144 Å². The molecule has 4 heterocycles. The van der Waals surface area contributed by atoms with Gasteiger partial charge < -0.3 is 19.9 Å². The molecule has 0 bridgehead atoms. The molecule has 6 nitrogen and oxygen atoms in total. The Hall–Kier alpha value is -1.40. The van der Waals surface area contributed by atoms with Crippen molar-refractivity contribution in [1.29, 1.82) is 0 Å². The summed E-state index contributed by atoms with van der Waals surface area (Å²) >= 11 is 0. The van der Waals surface area contributed by atoms with E-state index >= 15 is 0 Å². The molecule has 0 saturated carbocycles. The standard InChI is InChI=1S/C18H29N5O/c1-2-15-12-16(21-17(20-15)22-8-10-24-11-9-22)23-7-3-4-18(14-23)5-6-19-13-18/h12,19H,2-11,13-14H2,1H3. The van der Waals surface area contributed by atoms with E-state index in [2.05, 4.69) is 28.1 Å². The third-order valence-electron chi connectivity index (χ3n) is 5.73. The second-order valence-corrected chi connectivity index (χ2v) is 7.42. The minimum Gasteiger partial charge on any atom is -0.378 e. The van der Waals surface area contributed by atoms with Crippen molar-refractivity contribution in [2.24, 2.45) is 5.41 Å². The second kappa shape index (κ2) is 6.84. The van der Waals surface area contributed by atoms with Crippen molar-refractivity contribution < 1.29 is 4.74 Å². The van der Waals surface area contributed by atoms with E-state index in [0.717, 1.165) is 76.4 Å². The summed E-state index contributed by atoms with van der Waals surface area (Å²) < 4.78 is 5.47. The fourth-order valence-corrected chi connectivity index (χ4v) is 4.26. The van der Waals surface area contributed by atoms with E-state index in [4.69, 9.17) is 14.7 Å². The average molecular weight is 331 g/mol. The van der Waals surface area contributed by atoms with Gasteiger partial charge >= 0.3 is 0 Å². The van der Waals surface area contributed by atoms with E-state index in [-0.39, 0.29) is 0 Å². The van der Waals surface area contributed by atoms with Gasteiger partial charge in [0.05, 0.1) is 13.2 Å². The highest BCUT2D eigenvalue weighted by molar-refractivity contribution is 5.47. The van der Waals surface area contributed by atoms with Crippen LogP contribution in [0.4, 0.5) is 11.8 Å². The summed E-state index contributed by atoms with van der Waals surface area (Å²) in [6.07, 6.45) is 4.86. The predicted octanol–water partition coefficient (Wildman–Crippen LogP) is 1.46. The number of nitrogens with zero attached hydrogens (tertiary/aromatic N) is 4. The zero-order valence-corrected chi connectivity index (χ0v) is 14.8. The number of morpholine rings is 1. The van der Waals surface area contributed by atoms with Crippen molar-refractivity contribution in [3.63, 3.8) is 0 Å². The van der Waals surface area contributed by atoms with Gasteiger partial charge in [-0.3, -0.25) is 0 Å². The minimum absolute atomic E-state index is 0.453. The van der Waals surface area contributed by atoms with Gasteiger partial charge in [-0.25, -0.2) is 4.98 Å². The van der Waals surface area contributed by atoms with E-state index in [1.54, 1.807) is 0 Å². The number of rotatable bonds is 3. The molecular formula is C18H29N5O. The van der Waals surface area contributed by atoms with Gasteiger partial charge in [-0.05, 0) is 32.2 Å². The van der Waals surface area contributed by atoms with Crippen LogP contribution in [0, 0.1) is 5.41 Å². The summed E-state index contributed by atoms with van der Waals surface area (Å²) in [5, 5.41) is 3.56. The molecule has 1 N–H and O–H groups in total. The van der Waals surface area contributed by atoms with Crippen LogP contribution in [0.15, 0.2) is 6.07 Å². The highest BCUT2D eigenvalue weighted by Crippen LogP contribution is 2.37. The Bertz CT molecular complexity index is 567. The number of piperidine rings is 1. The van der Waals surface area contributed by atoms with Gasteiger partial charge in [0.15, 0.2) is 0 Å². The van der Waals surface area contributed by atoms with Crippen LogP contribution in [-0.2, 0) is 11.2 Å². The monoisotopic (exact) mass is 331 g/mol. The van der Waals surface area contributed by atoms with Crippen LogP contribution in [0.5, 0.6) is 0 Å². The molecule has 4 rings (SSSR count). The molecule has 1 aromatic rings. The second-order valence-electron chi connectivity index (χ2n) is 7.42. The number of anilines is 2. The maximum absolute atomic E-state index is 5.47. The van der Waals surface area contributed by atoms with Gasteiger partial charge in [0.2, 0.25) is 5.95 Å². The molecule has 0 radical (unpaired) electrons. The van der Waals surface area contributed by atoms with Gasteiger partial charge in [0.1, 0.15) is 5.82 Å². The molecule has 1 atom stereocenters. The Morgan fingerprint density at radius 2 is 2.04 bits per heavy atom. The summed E-state index contributed by atoms with van der Waals surface area (Å²) in [5.41, 5.74) is 1.60. The van der Waals surface area contributed by atoms with Crippen LogP contribution >= 0.6 is 0 Å². The molecule has 6 heteroatoms. The van der Waals surface area contributed by atoms with Crippen molar-refractivity contribution in [3.05, 3.63) is 11.8 Å². The lowest BCUT2D eigenvalue weighted by Gasteiger charge is -2.41.